The topological polar surface area (TPSA) is 0 Å². The smallest absolute Gasteiger partial charge is 0.0349 e. The van der Waals surface area contributed by atoms with E-state index in [4.69, 9.17) is 0 Å². The lowest BCUT2D eigenvalue weighted by Gasteiger charge is -2.04. The van der Waals surface area contributed by atoms with Gasteiger partial charge in [-0.05, 0) is 56.9 Å². The van der Waals surface area contributed by atoms with Crippen LogP contribution in [0.1, 0.15) is 0 Å². The molecule has 0 nitrogen and oxygen atoms in total. The molecule has 0 amide bonds. The molecule has 0 aliphatic carbocycles. The average molecular weight is 260 g/mol. The van der Waals surface area contributed by atoms with Crippen molar-refractivity contribution in [3.63, 3.8) is 0 Å². The highest BCUT2D eigenvalue weighted by Gasteiger charge is 2.02. The second kappa shape index (κ2) is 4.22. The number of hydrogen-bond acceptors (Lipinski definition) is 1. The number of rotatable bonds is 1. The third kappa shape index (κ3) is 1.83. The summed E-state index contributed by atoms with van der Waals surface area (Å²) in [6, 6.07) is 24.0. The van der Waals surface area contributed by atoms with Crippen LogP contribution in [0.4, 0.5) is 0 Å². The quantitative estimate of drug-likeness (QED) is 0.410. The summed E-state index contributed by atoms with van der Waals surface area (Å²) >= 11 is 1.80. The van der Waals surface area contributed by atoms with E-state index < -0.39 is 0 Å². The predicted molar refractivity (Wildman–Crippen MR) is 84.8 cm³/mol. The average Bonchev–Trinajstić information content (AvgIpc) is 2.92. The molecule has 0 bridgehead atoms. The molecule has 0 fully saturated rings. The molecular weight excluding hydrogens is 248 g/mol. The molecule has 1 heteroatoms. The van der Waals surface area contributed by atoms with Gasteiger partial charge >= 0.3 is 0 Å². The van der Waals surface area contributed by atoms with E-state index in [-0.39, 0.29) is 0 Å². The molecule has 0 saturated heterocycles. The molecule has 3 aromatic carbocycles. The second-order valence-corrected chi connectivity index (χ2v) is 5.69. The summed E-state index contributed by atoms with van der Waals surface area (Å²) in [7, 11) is 0. The fraction of sp³-hybridized carbons (Fsp3) is 0. The molecule has 0 aliphatic rings. The molecule has 0 N–H and O–H groups in total. The minimum atomic E-state index is 1.27. The molecule has 0 unspecified atom stereocenters. The van der Waals surface area contributed by atoms with Crippen LogP contribution in [-0.4, -0.2) is 0 Å². The van der Waals surface area contributed by atoms with Crippen LogP contribution >= 0.6 is 11.3 Å². The van der Waals surface area contributed by atoms with E-state index in [2.05, 4.69) is 72.1 Å². The summed E-state index contributed by atoms with van der Waals surface area (Å²) in [4.78, 5) is 0. The van der Waals surface area contributed by atoms with Gasteiger partial charge in [0, 0.05) is 4.70 Å². The van der Waals surface area contributed by atoms with Crippen LogP contribution in [0, 0.1) is 0 Å². The predicted octanol–water partition coefficient (Wildman–Crippen LogP) is 5.72. The van der Waals surface area contributed by atoms with Crippen molar-refractivity contribution in [3.05, 3.63) is 72.1 Å². The first-order chi connectivity index (χ1) is 9.40. The SMILES string of the molecule is c1ccc(-c2ccc3cc4sccc4cc3c2)cc1. The van der Waals surface area contributed by atoms with Crippen molar-refractivity contribution >= 4 is 32.2 Å². The van der Waals surface area contributed by atoms with Crippen molar-refractivity contribution in [2.24, 2.45) is 0 Å². The van der Waals surface area contributed by atoms with Crippen LogP contribution in [0.15, 0.2) is 72.1 Å². The van der Waals surface area contributed by atoms with Crippen LogP contribution in [0.3, 0.4) is 0 Å². The van der Waals surface area contributed by atoms with E-state index >= 15 is 0 Å². The maximum atomic E-state index is 2.29. The zero-order chi connectivity index (χ0) is 12.7. The van der Waals surface area contributed by atoms with E-state index in [1.165, 1.54) is 32.0 Å². The normalized spacial score (nSPS) is 11.2. The second-order valence-electron chi connectivity index (χ2n) is 4.74. The number of benzene rings is 3. The fourth-order valence-corrected chi connectivity index (χ4v) is 3.34. The van der Waals surface area contributed by atoms with Gasteiger partial charge in [-0.1, -0.05) is 42.5 Å². The number of thiophene rings is 1. The van der Waals surface area contributed by atoms with Crippen LogP contribution in [0.25, 0.3) is 32.0 Å². The molecular formula is C18H12S. The summed E-state index contributed by atoms with van der Waals surface area (Å²) in [5.41, 5.74) is 2.55. The number of hydrogen-bond donors (Lipinski definition) is 0. The van der Waals surface area contributed by atoms with Crippen molar-refractivity contribution < 1.29 is 0 Å². The van der Waals surface area contributed by atoms with E-state index in [0.717, 1.165) is 0 Å². The highest BCUT2D eigenvalue weighted by Crippen LogP contribution is 2.30. The van der Waals surface area contributed by atoms with Crippen LogP contribution in [-0.2, 0) is 0 Å². The van der Waals surface area contributed by atoms with Gasteiger partial charge in [0.1, 0.15) is 0 Å². The minimum Gasteiger partial charge on any atom is -0.144 e. The van der Waals surface area contributed by atoms with Gasteiger partial charge < -0.3 is 0 Å². The third-order valence-electron chi connectivity index (χ3n) is 3.52. The Bertz CT molecular complexity index is 857. The van der Waals surface area contributed by atoms with Crippen molar-refractivity contribution in [1.29, 1.82) is 0 Å². The van der Waals surface area contributed by atoms with E-state index in [9.17, 15) is 0 Å². The van der Waals surface area contributed by atoms with Gasteiger partial charge in [0.25, 0.3) is 0 Å². The molecule has 0 radical (unpaired) electrons. The largest absolute Gasteiger partial charge is 0.144 e. The molecule has 0 spiro atoms. The van der Waals surface area contributed by atoms with Gasteiger partial charge in [-0.3, -0.25) is 0 Å². The van der Waals surface area contributed by atoms with Gasteiger partial charge in [-0.2, -0.15) is 0 Å². The maximum absolute atomic E-state index is 2.29. The van der Waals surface area contributed by atoms with Crippen molar-refractivity contribution in [2.45, 2.75) is 0 Å². The van der Waals surface area contributed by atoms with Gasteiger partial charge in [0.05, 0.1) is 0 Å². The first kappa shape index (κ1) is 10.8. The molecule has 1 aromatic heterocycles. The summed E-state index contributed by atoms with van der Waals surface area (Å²) in [6.07, 6.45) is 0. The minimum absolute atomic E-state index is 1.27. The molecule has 1 heterocycles. The Hall–Kier alpha value is -2.12. The molecule has 0 saturated carbocycles. The first-order valence-corrected chi connectivity index (χ1v) is 7.24. The van der Waals surface area contributed by atoms with Gasteiger partial charge in [-0.25, -0.2) is 0 Å². The zero-order valence-electron chi connectivity index (χ0n) is 10.3. The maximum Gasteiger partial charge on any atom is 0.0349 e. The molecule has 4 aromatic rings. The van der Waals surface area contributed by atoms with E-state index in [0.29, 0.717) is 0 Å². The van der Waals surface area contributed by atoms with Crippen molar-refractivity contribution in [2.75, 3.05) is 0 Å². The highest BCUT2D eigenvalue weighted by molar-refractivity contribution is 7.17. The molecule has 0 atom stereocenters. The van der Waals surface area contributed by atoms with Gasteiger partial charge in [-0.15, -0.1) is 11.3 Å². The lowest BCUT2D eigenvalue weighted by molar-refractivity contribution is 1.65. The van der Waals surface area contributed by atoms with Crippen LogP contribution in [0.2, 0.25) is 0 Å². The monoisotopic (exact) mass is 260 g/mol. The Labute approximate surface area is 115 Å². The fourth-order valence-electron chi connectivity index (χ4n) is 2.52. The Morgan fingerprint density at radius 1 is 0.579 bits per heavy atom. The summed E-state index contributed by atoms with van der Waals surface area (Å²) in [5.74, 6) is 0. The van der Waals surface area contributed by atoms with Crippen molar-refractivity contribution in [3.8, 4) is 11.1 Å². The zero-order valence-corrected chi connectivity index (χ0v) is 11.2. The van der Waals surface area contributed by atoms with E-state index in [1.54, 1.807) is 11.3 Å². The van der Waals surface area contributed by atoms with Gasteiger partial charge in [0.2, 0.25) is 0 Å². The Kier molecular flexibility index (Phi) is 2.39. The molecule has 4 rings (SSSR count). The lowest BCUT2D eigenvalue weighted by Crippen LogP contribution is -1.78. The summed E-state index contributed by atoms with van der Waals surface area (Å²) in [6.45, 7) is 0. The Morgan fingerprint density at radius 2 is 1.47 bits per heavy atom. The highest BCUT2D eigenvalue weighted by atomic mass is 32.1. The molecule has 90 valence electrons. The van der Waals surface area contributed by atoms with Crippen LogP contribution < -0.4 is 0 Å². The van der Waals surface area contributed by atoms with Crippen molar-refractivity contribution in [1.82, 2.24) is 0 Å². The van der Waals surface area contributed by atoms with E-state index in [1.807, 2.05) is 0 Å². The standard InChI is InChI=1S/C18H12S/c1-2-4-13(5-3-1)14-6-7-15-12-18-16(8-9-19-18)11-17(15)10-14/h1-12H. The summed E-state index contributed by atoms with van der Waals surface area (Å²) < 4.78 is 1.36. The Morgan fingerprint density at radius 3 is 2.37 bits per heavy atom. The molecule has 0 aliphatic heterocycles. The summed E-state index contributed by atoms with van der Waals surface area (Å²) in [5, 5.41) is 6.12. The third-order valence-corrected chi connectivity index (χ3v) is 4.40. The first-order valence-electron chi connectivity index (χ1n) is 6.37. The lowest BCUT2D eigenvalue weighted by atomic mass is 10.0. The number of fused-ring (bicyclic) bond motifs is 2. The van der Waals surface area contributed by atoms with Crippen LogP contribution in [0.5, 0.6) is 0 Å². The van der Waals surface area contributed by atoms with Gasteiger partial charge in [0.15, 0.2) is 0 Å². The molecule has 19 heavy (non-hydrogen) atoms. The Balaban J connectivity index is 1.97.